The summed E-state index contributed by atoms with van der Waals surface area (Å²) in [7, 11) is 1.76. The van der Waals surface area contributed by atoms with Gasteiger partial charge in [0.1, 0.15) is 18.4 Å². The van der Waals surface area contributed by atoms with Crippen LogP contribution in [0.5, 0.6) is 5.75 Å². The number of amides is 2. The lowest BCUT2D eigenvalue weighted by Gasteiger charge is -2.21. The van der Waals surface area contributed by atoms with Crippen molar-refractivity contribution < 1.29 is 9.53 Å². The van der Waals surface area contributed by atoms with Crippen LogP contribution in [0.25, 0.3) is 0 Å². The van der Waals surface area contributed by atoms with E-state index in [1.165, 1.54) is 6.33 Å². The van der Waals surface area contributed by atoms with Gasteiger partial charge in [-0.15, -0.1) is 0 Å². The van der Waals surface area contributed by atoms with E-state index in [1.54, 1.807) is 35.1 Å². The molecule has 0 fully saturated rings. The fourth-order valence-electron chi connectivity index (χ4n) is 2.10. The lowest BCUT2D eigenvalue weighted by molar-refractivity contribution is 0.198. The van der Waals surface area contributed by atoms with Gasteiger partial charge in [0.05, 0.1) is 13.2 Å². The van der Waals surface area contributed by atoms with Crippen LogP contribution in [0.2, 0.25) is 5.02 Å². The SMILES string of the molecule is C[C@@H](Cn1cncn1)NC(=O)N(C)CCCOc1ccc(Cl)cc1. The van der Waals surface area contributed by atoms with Gasteiger partial charge in [-0.2, -0.15) is 5.10 Å². The molecular weight excluding hydrogens is 330 g/mol. The van der Waals surface area contributed by atoms with E-state index in [1.807, 2.05) is 19.1 Å². The van der Waals surface area contributed by atoms with Crippen LogP contribution in [0.15, 0.2) is 36.9 Å². The Morgan fingerprint density at radius 3 is 2.83 bits per heavy atom. The Labute approximate surface area is 146 Å². The van der Waals surface area contributed by atoms with Gasteiger partial charge in [0.15, 0.2) is 0 Å². The van der Waals surface area contributed by atoms with Crippen molar-refractivity contribution in [1.29, 1.82) is 0 Å². The van der Waals surface area contributed by atoms with Gasteiger partial charge in [-0.3, -0.25) is 4.68 Å². The quantitative estimate of drug-likeness (QED) is 0.741. The number of nitrogens with one attached hydrogen (secondary N) is 1. The highest BCUT2D eigenvalue weighted by Crippen LogP contribution is 2.15. The topological polar surface area (TPSA) is 72.3 Å². The Hall–Kier alpha value is -2.28. The zero-order valence-electron chi connectivity index (χ0n) is 13.9. The predicted octanol–water partition coefficient (Wildman–Crippen LogP) is 2.43. The summed E-state index contributed by atoms with van der Waals surface area (Å²) in [5.74, 6) is 0.771. The highest BCUT2D eigenvalue weighted by atomic mass is 35.5. The third kappa shape index (κ3) is 6.08. The fourth-order valence-corrected chi connectivity index (χ4v) is 2.22. The number of rotatable bonds is 8. The molecule has 0 aliphatic carbocycles. The minimum atomic E-state index is -0.117. The molecule has 1 heterocycles. The molecule has 0 spiro atoms. The minimum absolute atomic E-state index is 0.0352. The Balaban J connectivity index is 1.63. The number of carbonyl (C=O) groups is 1. The monoisotopic (exact) mass is 351 g/mol. The lowest BCUT2D eigenvalue weighted by Crippen LogP contribution is -2.44. The van der Waals surface area contributed by atoms with Crippen LogP contribution >= 0.6 is 11.6 Å². The maximum atomic E-state index is 12.1. The molecule has 0 saturated heterocycles. The highest BCUT2D eigenvalue weighted by Gasteiger charge is 2.12. The molecular formula is C16H22ClN5O2. The van der Waals surface area contributed by atoms with Crippen LogP contribution in [-0.4, -0.2) is 51.9 Å². The second kappa shape index (κ2) is 9.12. The molecule has 130 valence electrons. The van der Waals surface area contributed by atoms with E-state index in [0.717, 1.165) is 12.2 Å². The summed E-state index contributed by atoms with van der Waals surface area (Å²) < 4.78 is 7.29. The first-order valence-electron chi connectivity index (χ1n) is 7.77. The Morgan fingerprint density at radius 2 is 2.17 bits per heavy atom. The first-order valence-corrected chi connectivity index (χ1v) is 8.15. The molecule has 0 bridgehead atoms. The van der Waals surface area contributed by atoms with Crippen molar-refractivity contribution >= 4 is 17.6 Å². The Bertz CT molecular complexity index is 618. The standard InChI is InChI=1S/C16H22ClN5O2/c1-13(10-22-12-18-11-19-22)20-16(23)21(2)8-3-9-24-15-6-4-14(17)5-7-15/h4-7,11-13H,3,8-10H2,1-2H3,(H,20,23)/t13-/m0/s1. The van der Waals surface area contributed by atoms with Crippen molar-refractivity contribution in [2.24, 2.45) is 0 Å². The van der Waals surface area contributed by atoms with Crippen LogP contribution in [0, 0.1) is 0 Å². The summed E-state index contributed by atoms with van der Waals surface area (Å²) in [6.45, 7) is 3.65. The van der Waals surface area contributed by atoms with Crippen LogP contribution in [0.3, 0.4) is 0 Å². The molecule has 0 aliphatic heterocycles. The van der Waals surface area contributed by atoms with Crippen LogP contribution in [-0.2, 0) is 6.54 Å². The zero-order chi connectivity index (χ0) is 17.4. The van der Waals surface area contributed by atoms with Crippen molar-refractivity contribution in [3.8, 4) is 5.75 Å². The number of urea groups is 1. The zero-order valence-corrected chi connectivity index (χ0v) is 14.6. The van der Waals surface area contributed by atoms with Crippen molar-refractivity contribution in [2.45, 2.75) is 25.9 Å². The average Bonchev–Trinajstić information content (AvgIpc) is 3.05. The Kier molecular flexibility index (Phi) is 6.87. The van der Waals surface area contributed by atoms with Gasteiger partial charge in [-0.25, -0.2) is 9.78 Å². The molecule has 2 aromatic rings. The maximum absolute atomic E-state index is 12.1. The normalized spacial score (nSPS) is 11.8. The number of hydrogen-bond acceptors (Lipinski definition) is 4. The van der Waals surface area contributed by atoms with Gasteiger partial charge in [-0.1, -0.05) is 11.6 Å². The summed E-state index contributed by atoms with van der Waals surface area (Å²) in [4.78, 5) is 17.6. The van der Waals surface area contributed by atoms with Crippen molar-refractivity contribution in [2.75, 3.05) is 20.2 Å². The predicted molar refractivity (Wildman–Crippen MR) is 92.2 cm³/mol. The average molecular weight is 352 g/mol. The molecule has 1 aromatic carbocycles. The number of aromatic nitrogens is 3. The van der Waals surface area contributed by atoms with Crippen LogP contribution < -0.4 is 10.1 Å². The lowest BCUT2D eigenvalue weighted by atomic mass is 10.3. The van der Waals surface area contributed by atoms with Gasteiger partial charge >= 0.3 is 6.03 Å². The number of nitrogens with zero attached hydrogens (tertiary/aromatic N) is 4. The molecule has 0 unspecified atom stereocenters. The third-order valence-electron chi connectivity index (χ3n) is 3.36. The van der Waals surface area contributed by atoms with Gasteiger partial charge in [-0.05, 0) is 37.6 Å². The Morgan fingerprint density at radius 1 is 1.42 bits per heavy atom. The van der Waals surface area contributed by atoms with E-state index < -0.39 is 0 Å². The molecule has 7 nitrogen and oxygen atoms in total. The van der Waals surface area contributed by atoms with Gasteiger partial charge in [0.25, 0.3) is 0 Å². The molecule has 1 atom stereocenters. The minimum Gasteiger partial charge on any atom is -0.494 e. The van der Waals surface area contributed by atoms with Crippen LogP contribution in [0.4, 0.5) is 4.79 Å². The number of ether oxygens (including phenoxy) is 1. The van der Waals surface area contributed by atoms with E-state index in [0.29, 0.717) is 24.7 Å². The van der Waals surface area contributed by atoms with E-state index in [4.69, 9.17) is 16.3 Å². The van der Waals surface area contributed by atoms with Crippen molar-refractivity contribution in [3.05, 3.63) is 41.9 Å². The number of carbonyl (C=O) groups excluding carboxylic acids is 1. The maximum Gasteiger partial charge on any atom is 0.317 e. The second-order valence-corrected chi connectivity index (χ2v) is 5.98. The molecule has 1 N–H and O–H groups in total. The smallest absolute Gasteiger partial charge is 0.317 e. The van der Waals surface area contributed by atoms with E-state index >= 15 is 0 Å². The van der Waals surface area contributed by atoms with Gasteiger partial charge < -0.3 is 15.0 Å². The summed E-state index contributed by atoms with van der Waals surface area (Å²) >= 11 is 5.82. The highest BCUT2D eigenvalue weighted by molar-refractivity contribution is 6.30. The molecule has 2 rings (SSSR count). The third-order valence-corrected chi connectivity index (χ3v) is 3.62. The van der Waals surface area contributed by atoms with Gasteiger partial charge in [0.2, 0.25) is 0 Å². The first-order chi connectivity index (χ1) is 11.5. The molecule has 0 radical (unpaired) electrons. The second-order valence-electron chi connectivity index (χ2n) is 5.55. The number of halogens is 1. The fraction of sp³-hybridized carbons (Fsp3) is 0.438. The summed E-state index contributed by atoms with van der Waals surface area (Å²) in [5, 5.41) is 7.62. The van der Waals surface area contributed by atoms with Gasteiger partial charge in [0, 0.05) is 24.7 Å². The first kappa shape index (κ1) is 18.1. The molecule has 2 amide bonds. The molecule has 8 heteroatoms. The summed E-state index contributed by atoms with van der Waals surface area (Å²) in [6.07, 6.45) is 3.84. The summed E-state index contributed by atoms with van der Waals surface area (Å²) in [5.41, 5.74) is 0. The molecule has 0 aliphatic rings. The number of hydrogen-bond donors (Lipinski definition) is 1. The number of benzene rings is 1. The van der Waals surface area contributed by atoms with E-state index in [2.05, 4.69) is 15.4 Å². The largest absolute Gasteiger partial charge is 0.494 e. The molecule has 1 aromatic heterocycles. The summed E-state index contributed by atoms with van der Waals surface area (Å²) in [6, 6.07) is 7.07. The van der Waals surface area contributed by atoms with Crippen molar-refractivity contribution in [3.63, 3.8) is 0 Å². The molecule has 0 saturated carbocycles. The van der Waals surface area contributed by atoms with Crippen molar-refractivity contribution in [1.82, 2.24) is 25.0 Å². The van der Waals surface area contributed by atoms with Crippen LogP contribution in [0.1, 0.15) is 13.3 Å². The molecule has 24 heavy (non-hydrogen) atoms. The van der Waals surface area contributed by atoms with E-state index in [-0.39, 0.29) is 12.1 Å². The van der Waals surface area contributed by atoms with E-state index in [9.17, 15) is 4.79 Å².